The molecular formula is C15H22ClNO3S. The van der Waals surface area contributed by atoms with Gasteiger partial charge in [0.25, 0.3) is 0 Å². The van der Waals surface area contributed by atoms with Crippen molar-refractivity contribution in [1.29, 1.82) is 0 Å². The summed E-state index contributed by atoms with van der Waals surface area (Å²) in [6.45, 7) is 1.87. The molecular weight excluding hydrogens is 310 g/mol. The molecule has 0 aliphatic heterocycles. The van der Waals surface area contributed by atoms with E-state index in [9.17, 15) is 8.42 Å². The van der Waals surface area contributed by atoms with Gasteiger partial charge < -0.3 is 10.5 Å². The van der Waals surface area contributed by atoms with Gasteiger partial charge in [0.2, 0.25) is 0 Å². The van der Waals surface area contributed by atoms with Crippen molar-refractivity contribution >= 4 is 21.4 Å². The highest BCUT2D eigenvalue weighted by Gasteiger charge is 2.30. The van der Waals surface area contributed by atoms with Crippen LogP contribution in [0.4, 0.5) is 0 Å². The lowest BCUT2D eigenvalue weighted by Crippen LogP contribution is -2.33. The summed E-state index contributed by atoms with van der Waals surface area (Å²) in [5, 5.41) is 0.314. The Morgan fingerprint density at radius 3 is 2.71 bits per heavy atom. The number of halogens is 1. The molecule has 2 rings (SSSR count). The molecule has 0 aromatic heterocycles. The lowest BCUT2D eigenvalue weighted by atomic mass is 9.97. The van der Waals surface area contributed by atoms with E-state index < -0.39 is 9.84 Å². The molecule has 1 saturated carbocycles. The topological polar surface area (TPSA) is 69.4 Å². The summed E-state index contributed by atoms with van der Waals surface area (Å²) in [7, 11) is -3.01. The SMILES string of the molecule is C[C@H](N)c1cc(Cl)ccc1OC1CCCC(S(C)(=O)=O)C1. The number of sulfone groups is 1. The molecule has 2 unspecified atom stereocenters. The highest BCUT2D eigenvalue weighted by molar-refractivity contribution is 7.91. The van der Waals surface area contributed by atoms with Crippen LogP contribution in [0.15, 0.2) is 18.2 Å². The fraction of sp³-hybridized carbons (Fsp3) is 0.600. The third-order valence-electron chi connectivity index (χ3n) is 3.94. The summed E-state index contributed by atoms with van der Waals surface area (Å²) in [4.78, 5) is 0. The fourth-order valence-electron chi connectivity index (χ4n) is 2.76. The molecule has 6 heteroatoms. The first kappa shape index (κ1) is 16.6. The lowest BCUT2D eigenvalue weighted by Gasteiger charge is -2.29. The van der Waals surface area contributed by atoms with Gasteiger partial charge in [-0.2, -0.15) is 0 Å². The minimum atomic E-state index is -3.01. The average molecular weight is 332 g/mol. The van der Waals surface area contributed by atoms with E-state index >= 15 is 0 Å². The zero-order valence-electron chi connectivity index (χ0n) is 12.4. The van der Waals surface area contributed by atoms with E-state index in [0.717, 1.165) is 24.8 Å². The van der Waals surface area contributed by atoms with Gasteiger partial charge >= 0.3 is 0 Å². The monoisotopic (exact) mass is 331 g/mol. The van der Waals surface area contributed by atoms with Gasteiger partial charge in [0.1, 0.15) is 15.6 Å². The van der Waals surface area contributed by atoms with Gasteiger partial charge in [0.05, 0.1) is 11.4 Å². The van der Waals surface area contributed by atoms with E-state index in [1.54, 1.807) is 12.1 Å². The Hall–Kier alpha value is -0.780. The van der Waals surface area contributed by atoms with Gasteiger partial charge in [-0.1, -0.05) is 11.6 Å². The van der Waals surface area contributed by atoms with Crippen molar-refractivity contribution in [2.75, 3.05) is 6.26 Å². The Balaban J connectivity index is 2.15. The zero-order chi connectivity index (χ0) is 15.6. The fourth-order valence-corrected chi connectivity index (χ4v) is 4.10. The molecule has 1 fully saturated rings. The lowest BCUT2D eigenvalue weighted by molar-refractivity contribution is 0.154. The number of hydrogen-bond acceptors (Lipinski definition) is 4. The van der Waals surface area contributed by atoms with Gasteiger partial charge in [-0.15, -0.1) is 0 Å². The Kier molecular flexibility index (Phi) is 5.17. The molecule has 0 heterocycles. The molecule has 21 heavy (non-hydrogen) atoms. The molecule has 0 bridgehead atoms. The minimum Gasteiger partial charge on any atom is -0.490 e. The summed E-state index contributed by atoms with van der Waals surface area (Å²) in [6.07, 6.45) is 4.21. The van der Waals surface area contributed by atoms with Crippen LogP contribution in [0.2, 0.25) is 5.02 Å². The van der Waals surface area contributed by atoms with Crippen LogP contribution in [0.1, 0.15) is 44.2 Å². The number of benzene rings is 1. The van der Waals surface area contributed by atoms with Crippen molar-refractivity contribution in [1.82, 2.24) is 0 Å². The van der Waals surface area contributed by atoms with Crippen molar-refractivity contribution in [2.45, 2.75) is 50.0 Å². The van der Waals surface area contributed by atoms with Crippen LogP contribution in [0.5, 0.6) is 5.75 Å². The van der Waals surface area contributed by atoms with E-state index in [0.29, 0.717) is 17.2 Å². The quantitative estimate of drug-likeness (QED) is 0.920. The standard InChI is InChI=1S/C15H22ClNO3S/c1-10(17)14-8-11(16)6-7-15(14)20-12-4-3-5-13(9-12)21(2,18)19/h6-8,10,12-13H,3-5,9,17H2,1-2H3/t10-,12?,13?/m0/s1. The predicted molar refractivity (Wildman–Crippen MR) is 85.6 cm³/mol. The van der Waals surface area contributed by atoms with Crippen molar-refractivity contribution in [2.24, 2.45) is 5.73 Å². The van der Waals surface area contributed by atoms with Crippen LogP contribution < -0.4 is 10.5 Å². The first-order chi connectivity index (χ1) is 9.77. The molecule has 2 N–H and O–H groups in total. The Labute approximate surface area is 131 Å². The Morgan fingerprint density at radius 1 is 1.38 bits per heavy atom. The first-order valence-electron chi connectivity index (χ1n) is 7.18. The van der Waals surface area contributed by atoms with Crippen LogP contribution >= 0.6 is 11.6 Å². The second-order valence-electron chi connectivity index (χ2n) is 5.83. The van der Waals surface area contributed by atoms with E-state index in [4.69, 9.17) is 22.1 Å². The maximum absolute atomic E-state index is 11.7. The van der Waals surface area contributed by atoms with Crippen LogP contribution in [-0.4, -0.2) is 26.0 Å². The molecule has 0 radical (unpaired) electrons. The third-order valence-corrected chi connectivity index (χ3v) is 5.81. The van der Waals surface area contributed by atoms with Gasteiger partial charge in [0, 0.05) is 29.3 Å². The van der Waals surface area contributed by atoms with Crippen LogP contribution in [0.25, 0.3) is 0 Å². The summed E-state index contributed by atoms with van der Waals surface area (Å²) in [6, 6.07) is 5.19. The maximum Gasteiger partial charge on any atom is 0.150 e. The molecule has 118 valence electrons. The van der Waals surface area contributed by atoms with E-state index in [1.807, 2.05) is 13.0 Å². The van der Waals surface area contributed by atoms with Gasteiger partial charge in [-0.25, -0.2) is 8.42 Å². The number of ether oxygens (including phenoxy) is 1. The number of nitrogens with two attached hydrogens (primary N) is 1. The molecule has 0 amide bonds. The second-order valence-corrected chi connectivity index (χ2v) is 8.59. The van der Waals surface area contributed by atoms with Crippen LogP contribution in [0, 0.1) is 0 Å². The molecule has 1 aliphatic carbocycles. The zero-order valence-corrected chi connectivity index (χ0v) is 14.0. The second kappa shape index (κ2) is 6.55. The summed E-state index contributed by atoms with van der Waals surface area (Å²) in [5.41, 5.74) is 6.80. The number of rotatable bonds is 4. The summed E-state index contributed by atoms with van der Waals surface area (Å²) in [5.74, 6) is 0.702. The molecule has 3 atom stereocenters. The third kappa shape index (κ3) is 4.34. The van der Waals surface area contributed by atoms with Crippen LogP contribution in [-0.2, 0) is 9.84 Å². The summed E-state index contributed by atoms with van der Waals surface area (Å²) >= 11 is 6.00. The molecule has 1 aliphatic rings. The highest BCUT2D eigenvalue weighted by Crippen LogP contribution is 2.32. The predicted octanol–water partition coefficient (Wildman–Crippen LogP) is 3.09. The maximum atomic E-state index is 11.7. The number of hydrogen-bond donors (Lipinski definition) is 1. The van der Waals surface area contributed by atoms with E-state index in [1.165, 1.54) is 6.26 Å². The minimum absolute atomic E-state index is 0.0860. The largest absolute Gasteiger partial charge is 0.490 e. The van der Waals surface area contributed by atoms with Gasteiger partial charge in [0.15, 0.2) is 0 Å². The molecule has 4 nitrogen and oxygen atoms in total. The highest BCUT2D eigenvalue weighted by atomic mass is 35.5. The van der Waals surface area contributed by atoms with Crippen molar-refractivity contribution < 1.29 is 13.2 Å². The molecule has 0 spiro atoms. The first-order valence-corrected chi connectivity index (χ1v) is 9.51. The Bertz CT molecular complexity index is 601. The van der Waals surface area contributed by atoms with E-state index in [2.05, 4.69) is 0 Å². The molecule has 1 aromatic rings. The van der Waals surface area contributed by atoms with Gasteiger partial charge in [-0.3, -0.25) is 0 Å². The average Bonchev–Trinajstić information content (AvgIpc) is 2.40. The van der Waals surface area contributed by atoms with Crippen molar-refractivity contribution in [3.8, 4) is 5.75 Å². The van der Waals surface area contributed by atoms with Crippen molar-refractivity contribution in [3.63, 3.8) is 0 Å². The molecule has 1 aromatic carbocycles. The Morgan fingerprint density at radius 2 is 2.10 bits per heavy atom. The van der Waals surface area contributed by atoms with E-state index in [-0.39, 0.29) is 17.4 Å². The molecule has 0 saturated heterocycles. The normalized spacial score (nSPS) is 24.6. The van der Waals surface area contributed by atoms with Crippen molar-refractivity contribution in [3.05, 3.63) is 28.8 Å². The summed E-state index contributed by atoms with van der Waals surface area (Å²) < 4.78 is 29.4. The van der Waals surface area contributed by atoms with Crippen LogP contribution in [0.3, 0.4) is 0 Å². The smallest absolute Gasteiger partial charge is 0.150 e. The van der Waals surface area contributed by atoms with Gasteiger partial charge in [-0.05, 0) is 44.4 Å².